The molecule has 0 fully saturated rings. The summed E-state index contributed by atoms with van der Waals surface area (Å²) in [7, 11) is 0. The third-order valence-corrected chi connectivity index (χ3v) is 3.02. The van der Waals surface area contributed by atoms with Crippen LogP contribution in [0.3, 0.4) is 0 Å². The molecule has 1 unspecified atom stereocenters. The van der Waals surface area contributed by atoms with E-state index in [1.807, 2.05) is 17.7 Å². The van der Waals surface area contributed by atoms with Crippen LogP contribution in [0, 0.1) is 5.82 Å². The number of hydrogen-bond acceptors (Lipinski definition) is 2. The van der Waals surface area contributed by atoms with Crippen molar-refractivity contribution in [3.05, 3.63) is 52.8 Å². The Morgan fingerprint density at radius 3 is 3.00 bits per heavy atom. The summed E-state index contributed by atoms with van der Waals surface area (Å²) < 4.78 is 15.1. The summed E-state index contributed by atoms with van der Waals surface area (Å²) in [4.78, 5) is 4.25. The molecule has 1 aromatic carbocycles. The maximum absolute atomic E-state index is 13.2. The first-order valence-electron chi connectivity index (χ1n) is 5.76. The minimum absolute atomic E-state index is 0.0362. The number of imidazole rings is 1. The summed E-state index contributed by atoms with van der Waals surface area (Å²) >= 11 is 6.05. The number of nitrogens with zero attached hydrogens (tertiary/aromatic N) is 2. The lowest BCUT2D eigenvalue weighted by Crippen LogP contribution is -2.20. The van der Waals surface area contributed by atoms with Crippen LogP contribution in [0.2, 0.25) is 5.02 Å². The molecule has 2 rings (SSSR count). The molecule has 2 N–H and O–H groups in total. The summed E-state index contributed by atoms with van der Waals surface area (Å²) in [6, 6.07) is 4.39. The molecular weight excluding hydrogens is 253 g/mol. The van der Waals surface area contributed by atoms with Gasteiger partial charge in [0.1, 0.15) is 11.6 Å². The highest BCUT2D eigenvalue weighted by Crippen LogP contribution is 2.19. The number of rotatable bonds is 4. The SMILES string of the molecule is CC(N)Cc1nccn1Cc1cc(F)ccc1Cl. The van der Waals surface area contributed by atoms with Crippen molar-refractivity contribution >= 4 is 11.6 Å². The molecule has 0 saturated heterocycles. The fourth-order valence-electron chi connectivity index (χ4n) is 1.81. The van der Waals surface area contributed by atoms with Crippen LogP contribution in [0.4, 0.5) is 4.39 Å². The van der Waals surface area contributed by atoms with Crippen LogP contribution in [0.25, 0.3) is 0 Å². The van der Waals surface area contributed by atoms with Gasteiger partial charge in [0.15, 0.2) is 0 Å². The van der Waals surface area contributed by atoms with Gasteiger partial charge in [0.25, 0.3) is 0 Å². The zero-order chi connectivity index (χ0) is 13.1. The van der Waals surface area contributed by atoms with Crippen molar-refractivity contribution < 1.29 is 4.39 Å². The number of benzene rings is 1. The molecule has 3 nitrogen and oxygen atoms in total. The van der Waals surface area contributed by atoms with Gasteiger partial charge in [-0.15, -0.1) is 0 Å². The minimum atomic E-state index is -0.289. The van der Waals surface area contributed by atoms with Crippen molar-refractivity contribution in [3.8, 4) is 0 Å². The minimum Gasteiger partial charge on any atom is -0.330 e. The molecule has 2 aromatic rings. The molecule has 0 aliphatic carbocycles. The van der Waals surface area contributed by atoms with E-state index in [0.717, 1.165) is 11.4 Å². The average Bonchev–Trinajstić information content (AvgIpc) is 2.70. The van der Waals surface area contributed by atoms with Crippen LogP contribution < -0.4 is 5.73 Å². The molecule has 0 amide bonds. The number of aromatic nitrogens is 2. The first-order chi connectivity index (χ1) is 8.56. The predicted octanol–water partition coefficient (Wildman–Crippen LogP) is 2.61. The lowest BCUT2D eigenvalue weighted by Gasteiger charge is -2.11. The highest BCUT2D eigenvalue weighted by Gasteiger charge is 2.08. The molecule has 0 bridgehead atoms. The van der Waals surface area contributed by atoms with E-state index in [2.05, 4.69) is 4.98 Å². The largest absolute Gasteiger partial charge is 0.330 e. The van der Waals surface area contributed by atoms with Crippen molar-refractivity contribution in [3.63, 3.8) is 0 Å². The van der Waals surface area contributed by atoms with Crippen LogP contribution >= 0.6 is 11.6 Å². The van der Waals surface area contributed by atoms with Gasteiger partial charge in [-0.1, -0.05) is 11.6 Å². The van der Waals surface area contributed by atoms with E-state index < -0.39 is 0 Å². The molecule has 0 aliphatic heterocycles. The van der Waals surface area contributed by atoms with Gasteiger partial charge in [0, 0.05) is 29.9 Å². The third kappa shape index (κ3) is 3.09. The summed E-state index contributed by atoms with van der Waals surface area (Å²) in [6.07, 6.45) is 4.24. The van der Waals surface area contributed by atoms with Gasteiger partial charge in [0.2, 0.25) is 0 Å². The smallest absolute Gasteiger partial charge is 0.123 e. The molecule has 0 saturated carbocycles. The van der Waals surface area contributed by atoms with Crippen molar-refractivity contribution in [2.45, 2.75) is 25.9 Å². The monoisotopic (exact) mass is 267 g/mol. The summed E-state index contributed by atoms with van der Waals surface area (Å²) in [5.74, 6) is 0.591. The van der Waals surface area contributed by atoms with E-state index in [9.17, 15) is 4.39 Å². The summed E-state index contributed by atoms with van der Waals surface area (Å²) in [5.41, 5.74) is 6.50. The molecular formula is C13H15ClFN3. The molecule has 18 heavy (non-hydrogen) atoms. The zero-order valence-electron chi connectivity index (χ0n) is 10.1. The van der Waals surface area contributed by atoms with Gasteiger partial charge in [-0.3, -0.25) is 0 Å². The van der Waals surface area contributed by atoms with Gasteiger partial charge in [0.05, 0.1) is 6.54 Å². The average molecular weight is 268 g/mol. The standard InChI is InChI=1S/C13H15ClFN3/c1-9(16)6-13-17-4-5-18(13)8-10-7-11(15)2-3-12(10)14/h2-5,7,9H,6,8,16H2,1H3. The maximum Gasteiger partial charge on any atom is 0.123 e. The Balaban J connectivity index is 2.23. The Kier molecular flexibility index (Phi) is 3.99. The lowest BCUT2D eigenvalue weighted by atomic mass is 10.2. The van der Waals surface area contributed by atoms with Crippen LogP contribution in [-0.2, 0) is 13.0 Å². The van der Waals surface area contributed by atoms with Gasteiger partial charge < -0.3 is 10.3 Å². The number of nitrogens with two attached hydrogens (primary N) is 1. The topological polar surface area (TPSA) is 43.8 Å². The second-order valence-electron chi connectivity index (χ2n) is 4.39. The van der Waals surface area contributed by atoms with Crippen LogP contribution in [0.5, 0.6) is 0 Å². The highest BCUT2D eigenvalue weighted by atomic mass is 35.5. The Morgan fingerprint density at radius 1 is 1.50 bits per heavy atom. The van der Waals surface area contributed by atoms with E-state index in [1.54, 1.807) is 12.3 Å². The fourth-order valence-corrected chi connectivity index (χ4v) is 1.99. The van der Waals surface area contributed by atoms with Crippen molar-refractivity contribution in [1.29, 1.82) is 0 Å². The van der Waals surface area contributed by atoms with E-state index in [4.69, 9.17) is 17.3 Å². The zero-order valence-corrected chi connectivity index (χ0v) is 10.9. The van der Waals surface area contributed by atoms with Gasteiger partial charge in [-0.2, -0.15) is 0 Å². The van der Waals surface area contributed by atoms with Crippen LogP contribution in [-0.4, -0.2) is 15.6 Å². The quantitative estimate of drug-likeness (QED) is 0.925. The number of halogens is 2. The third-order valence-electron chi connectivity index (χ3n) is 2.65. The van der Waals surface area contributed by atoms with Crippen LogP contribution in [0.15, 0.2) is 30.6 Å². The van der Waals surface area contributed by atoms with E-state index in [-0.39, 0.29) is 11.9 Å². The van der Waals surface area contributed by atoms with Crippen molar-refractivity contribution in [1.82, 2.24) is 9.55 Å². The normalized spacial score (nSPS) is 12.7. The molecule has 0 spiro atoms. The molecule has 0 radical (unpaired) electrons. The Morgan fingerprint density at radius 2 is 2.28 bits per heavy atom. The molecule has 96 valence electrons. The second kappa shape index (κ2) is 5.50. The Labute approximate surface area is 110 Å². The molecule has 0 aliphatic rings. The number of hydrogen-bond donors (Lipinski definition) is 1. The van der Waals surface area contributed by atoms with E-state index >= 15 is 0 Å². The molecule has 1 atom stereocenters. The van der Waals surface area contributed by atoms with Gasteiger partial charge >= 0.3 is 0 Å². The second-order valence-corrected chi connectivity index (χ2v) is 4.80. The fraction of sp³-hybridized carbons (Fsp3) is 0.308. The molecule has 1 heterocycles. The first-order valence-corrected chi connectivity index (χ1v) is 6.13. The van der Waals surface area contributed by atoms with Gasteiger partial charge in [-0.25, -0.2) is 9.37 Å². The van der Waals surface area contributed by atoms with E-state index in [1.165, 1.54) is 12.1 Å². The lowest BCUT2D eigenvalue weighted by molar-refractivity contribution is 0.618. The summed E-state index contributed by atoms with van der Waals surface area (Å²) in [5, 5.41) is 0.553. The molecule has 5 heteroatoms. The highest BCUT2D eigenvalue weighted by molar-refractivity contribution is 6.31. The Bertz CT molecular complexity index is 537. The van der Waals surface area contributed by atoms with Gasteiger partial charge in [-0.05, 0) is 30.7 Å². The molecule has 1 aromatic heterocycles. The van der Waals surface area contributed by atoms with E-state index in [0.29, 0.717) is 18.0 Å². The first kappa shape index (κ1) is 13.1. The summed E-state index contributed by atoms with van der Waals surface area (Å²) in [6.45, 7) is 2.42. The predicted molar refractivity (Wildman–Crippen MR) is 70.1 cm³/mol. The Hall–Kier alpha value is -1.39. The van der Waals surface area contributed by atoms with Crippen LogP contribution in [0.1, 0.15) is 18.3 Å². The van der Waals surface area contributed by atoms with Crippen molar-refractivity contribution in [2.24, 2.45) is 5.73 Å². The maximum atomic E-state index is 13.2. The van der Waals surface area contributed by atoms with Crippen molar-refractivity contribution in [2.75, 3.05) is 0 Å².